The first-order chi connectivity index (χ1) is 8.02. The maximum absolute atomic E-state index is 5.12. The molecule has 2 aromatic rings. The molecule has 0 spiro atoms. The molecule has 0 amide bonds. The SMILES string of the molecule is COCCn1ccc2cc(C(C)(C)C)ccc21. The zero-order valence-electron chi connectivity index (χ0n) is 11.2. The molecule has 2 heteroatoms. The summed E-state index contributed by atoms with van der Waals surface area (Å²) in [5.74, 6) is 0. The van der Waals surface area contributed by atoms with E-state index >= 15 is 0 Å². The molecule has 0 atom stereocenters. The van der Waals surface area contributed by atoms with Crippen LogP contribution in [0.1, 0.15) is 26.3 Å². The van der Waals surface area contributed by atoms with Gasteiger partial charge in [-0.15, -0.1) is 0 Å². The van der Waals surface area contributed by atoms with Crippen LogP contribution < -0.4 is 0 Å². The van der Waals surface area contributed by atoms with Crippen molar-refractivity contribution < 1.29 is 4.74 Å². The second kappa shape index (κ2) is 4.53. The van der Waals surface area contributed by atoms with Gasteiger partial charge < -0.3 is 9.30 Å². The Morgan fingerprint density at radius 3 is 2.59 bits per heavy atom. The molecule has 0 unspecified atom stereocenters. The average Bonchev–Trinajstić information content (AvgIpc) is 2.67. The Morgan fingerprint density at radius 2 is 1.94 bits per heavy atom. The third-order valence-electron chi connectivity index (χ3n) is 3.17. The molecule has 2 rings (SSSR count). The first-order valence-electron chi connectivity index (χ1n) is 6.10. The van der Waals surface area contributed by atoms with E-state index in [1.165, 1.54) is 16.5 Å². The zero-order valence-corrected chi connectivity index (χ0v) is 11.2. The summed E-state index contributed by atoms with van der Waals surface area (Å²) in [6, 6.07) is 8.91. The Bertz CT molecular complexity index is 505. The van der Waals surface area contributed by atoms with E-state index in [0.29, 0.717) is 0 Å². The van der Waals surface area contributed by atoms with Crippen LogP contribution in [0.15, 0.2) is 30.5 Å². The standard InChI is InChI=1S/C15H21NO/c1-15(2,3)13-5-6-14-12(11-13)7-8-16(14)9-10-17-4/h5-8,11H,9-10H2,1-4H3. The monoisotopic (exact) mass is 231 g/mol. The van der Waals surface area contributed by atoms with Crippen molar-refractivity contribution in [2.24, 2.45) is 0 Å². The maximum atomic E-state index is 5.12. The number of nitrogens with zero attached hydrogens (tertiary/aromatic N) is 1. The predicted octanol–water partition coefficient (Wildman–Crippen LogP) is 3.59. The first kappa shape index (κ1) is 12.2. The molecule has 92 valence electrons. The molecule has 2 nitrogen and oxygen atoms in total. The van der Waals surface area contributed by atoms with Crippen LogP contribution in [0.3, 0.4) is 0 Å². The summed E-state index contributed by atoms with van der Waals surface area (Å²) in [7, 11) is 1.74. The normalized spacial score (nSPS) is 12.2. The van der Waals surface area contributed by atoms with Crippen molar-refractivity contribution >= 4 is 10.9 Å². The smallest absolute Gasteiger partial charge is 0.0641 e. The van der Waals surface area contributed by atoms with E-state index in [9.17, 15) is 0 Å². The van der Waals surface area contributed by atoms with Gasteiger partial charge in [-0.2, -0.15) is 0 Å². The molecule has 1 heterocycles. The maximum Gasteiger partial charge on any atom is 0.0641 e. The van der Waals surface area contributed by atoms with Crippen molar-refractivity contribution in [3.05, 3.63) is 36.0 Å². The van der Waals surface area contributed by atoms with Crippen LogP contribution in [0, 0.1) is 0 Å². The number of hydrogen-bond acceptors (Lipinski definition) is 1. The molecule has 1 aromatic heterocycles. The molecular formula is C15H21NO. The summed E-state index contributed by atoms with van der Waals surface area (Å²) in [5, 5.41) is 1.31. The summed E-state index contributed by atoms with van der Waals surface area (Å²) in [5.41, 5.74) is 2.88. The van der Waals surface area contributed by atoms with Gasteiger partial charge in [0, 0.05) is 25.4 Å². The molecule has 0 aliphatic carbocycles. The third kappa shape index (κ3) is 2.52. The fraction of sp³-hybridized carbons (Fsp3) is 0.467. The fourth-order valence-electron chi connectivity index (χ4n) is 2.05. The number of hydrogen-bond donors (Lipinski definition) is 0. The van der Waals surface area contributed by atoms with Gasteiger partial charge in [0.1, 0.15) is 0 Å². The van der Waals surface area contributed by atoms with Gasteiger partial charge in [0.2, 0.25) is 0 Å². The molecule has 0 aliphatic heterocycles. The molecule has 17 heavy (non-hydrogen) atoms. The number of aromatic nitrogens is 1. The molecule has 0 aliphatic rings. The topological polar surface area (TPSA) is 14.2 Å². The van der Waals surface area contributed by atoms with Crippen molar-refractivity contribution in [2.45, 2.75) is 32.7 Å². The summed E-state index contributed by atoms with van der Waals surface area (Å²) in [6.07, 6.45) is 2.14. The van der Waals surface area contributed by atoms with E-state index in [-0.39, 0.29) is 5.41 Å². The quantitative estimate of drug-likeness (QED) is 0.787. The van der Waals surface area contributed by atoms with Crippen LogP contribution in [0.4, 0.5) is 0 Å². The third-order valence-corrected chi connectivity index (χ3v) is 3.17. The van der Waals surface area contributed by atoms with Gasteiger partial charge in [-0.05, 0) is 34.6 Å². The van der Waals surface area contributed by atoms with Crippen LogP contribution in [0.25, 0.3) is 10.9 Å². The van der Waals surface area contributed by atoms with Crippen LogP contribution >= 0.6 is 0 Å². The van der Waals surface area contributed by atoms with Crippen molar-refractivity contribution in [2.75, 3.05) is 13.7 Å². The highest BCUT2D eigenvalue weighted by atomic mass is 16.5. The van der Waals surface area contributed by atoms with Crippen LogP contribution in [0.2, 0.25) is 0 Å². The second-order valence-corrected chi connectivity index (χ2v) is 5.53. The highest BCUT2D eigenvalue weighted by Crippen LogP contribution is 2.26. The minimum Gasteiger partial charge on any atom is -0.383 e. The van der Waals surface area contributed by atoms with Crippen molar-refractivity contribution in [3.8, 4) is 0 Å². The summed E-state index contributed by atoms with van der Waals surface area (Å²) >= 11 is 0. The minimum absolute atomic E-state index is 0.211. The molecule has 0 fully saturated rings. The molecular weight excluding hydrogens is 210 g/mol. The summed E-state index contributed by atoms with van der Waals surface area (Å²) in [4.78, 5) is 0. The van der Waals surface area contributed by atoms with E-state index in [1.807, 2.05) is 0 Å². The number of methoxy groups -OCH3 is 1. The molecule has 0 N–H and O–H groups in total. The van der Waals surface area contributed by atoms with E-state index in [2.05, 4.69) is 55.8 Å². The largest absolute Gasteiger partial charge is 0.383 e. The zero-order chi connectivity index (χ0) is 12.5. The van der Waals surface area contributed by atoms with Gasteiger partial charge >= 0.3 is 0 Å². The first-order valence-corrected chi connectivity index (χ1v) is 6.10. The van der Waals surface area contributed by atoms with E-state index in [4.69, 9.17) is 4.74 Å². The Labute approximate surface area is 103 Å². The molecule has 0 bridgehead atoms. The Morgan fingerprint density at radius 1 is 1.18 bits per heavy atom. The van der Waals surface area contributed by atoms with Crippen LogP contribution in [0.5, 0.6) is 0 Å². The van der Waals surface area contributed by atoms with E-state index < -0.39 is 0 Å². The van der Waals surface area contributed by atoms with Gasteiger partial charge in [-0.3, -0.25) is 0 Å². The number of ether oxygens (including phenoxy) is 1. The van der Waals surface area contributed by atoms with Crippen molar-refractivity contribution in [1.82, 2.24) is 4.57 Å². The lowest BCUT2D eigenvalue weighted by molar-refractivity contribution is 0.188. The Balaban J connectivity index is 2.38. The summed E-state index contributed by atoms with van der Waals surface area (Å²) in [6.45, 7) is 8.40. The van der Waals surface area contributed by atoms with Crippen molar-refractivity contribution in [3.63, 3.8) is 0 Å². The van der Waals surface area contributed by atoms with Gasteiger partial charge in [0.25, 0.3) is 0 Å². The molecule has 0 saturated heterocycles. The predicted molar refractivity (Wildman–Crippen MR) is 72.5 cm³/mol. The number of rotatable bonds is 3. The Hall–Kier alpha value is -1.28. The average molecular weight is 231 g/mol. The fourth-order valence-corrected chi connectivity index (χ4v) is 2.05. The van der Waals surface area contributed by atoms with Crippen LogP contribution in [-0.4, -0.2) is 18.3 Å². The Kier molecular flexibility index (Phi) is 3.25. The lowest BCUT2D eigenvalue weighted by Gasteiger charge is -2.19. The highest BCUT2D eigenvalue weighted by molar-refractivity contribution is 5.81. The lowest BCUT2D eigenvalue weighted by atomic mass is 9.86. The molecule has 1 aromatic carbocycles. The molecule has 0 radical (unpaired) electrons. The van der Waals surface area contributed by atoms with Gasteiger partial charge in [0.15, 0.2) is 0 Å². The van der Waals surface area contributed by atoms with Gasteiger partial charge in [-0.1, -0.05) is 26.8 Å². The van der Waals surface area contributed by atoms with Gasteiger partial charge in [-0.25, -0.2) is 0 Å². The van der Waals surface area contributed by atoms with E-state index in [1.54, 1.807) is 7.11 Å². The van der Waals surface area contributed by atoms with E-state index in [0.717, 1.165) is 13.2 Å². The second-order valence-electron chi connectivity index (χ2n) is 5.53. The lowest BCUT2D eigenvalue weighted by Crippen LogP contribution is -2.10. The van der Waals surface area contributed by atoms with Crippen LogP contribution in [-0.2, 0) is 16.7 Å². The summed E-state index contributed by atoms with van der Waals surface area (Å²) < 4.78 is 7.36. The van der Waals surface area contributed by atoms with Crippen molar-refractivity contribution in [1.29, 1.82) is 0 Å². The number of fused-ring (bicyclic) bond motifs is 1. The minimum atomic E-state index is 0.211. The van der Waals surface area contributed by atoms with Gasteiger partial charge in [0.05, 0.1) is 6.61 Å². The molecule has 0 saturated carbocycles. The highest BCUT2D eigenvalue weighted by Gasteiger charge is 2.14. The number of benzene rings is 1.